The van der Waals surface area contributed by atoms with Crippen molar-refractivity contribution >= 4 is 5.97 Å². The molecule has 0 heterocycles. The number of hydrogen-bond acceptors (Lipinski definition) is 3. The van der Waals surface area contributed by atoms with E-state index in [-0.39, 0.29) is 18.7 Å². The number of aliphatic hydroxyl groups excluding tert-OH is 1. The van der Waals surface area contributed by atoms with E-state index in [9.17, 15) is 9.90 Å². The Kier molecular flexibility index (Phi) is 5.69. The molecule has 17 heavy (non-hydrogen) atoms. The van der Waals surface area contributed by atoms with E-state index in [2.05, 4.69) is 6.58 Å². The molecule has 1 aliphatic carbocycles. The lowest BCUT2D eigenvalue weighted by Gasteiger charge is -2.33. The highest BCUT2D eigenvalue weighted by atomic mass is 16.5. The van der Waals surface area contributed by atoms with Crippen molar-refractivity contribution in [2.45, 2.75) is 52.1 Å². The van der Waals surface area contributed by atoms with Gasteiger partial charge in [0.25, 0.3) is 0 Å². The molecule has 1 aliphatic rings. The van der Waals surface area contributed by atoms with E-state index in [1.807, 2.05) is 6.92 Å². The Morgan fingerprint density at radius 2 is 2.24 bits per heavy atom. The van der Waals surface area contributed by atoms with Gasteiger partial charge in [-0.2, -0.15) is 0 Å². The van der Waals surface area contributed by atoms with Crippen LogP contribution in [-0.2, 0) is 9.53 Å². The summed E-state index contributed by atoms with van der Waals surface area (Å²) in [6.45, 7) is 7.57. The van der Waals surface area contributed by atoms with Crippen molar-refractivity contribution < 1.29 is 14.6 Å². The summed E-state index contributed by atoms with van der Waals surface area (Å²) in [5.74, 6) is 0.489. The van der Waals surface area contributed by atoms with Crippen LogP contribution in [0.15, 0.2) is 12.2 Å². The molecule has 98 valence electrons. The molecule has 0 aliphatic heterocycles. The van der Waals surface area contributed by atoms with Crippen LogP contribution in [0.5, 0.6) is 0 Å². The number of carbonyl (C=O) groups is 1. The summed E-state index contributed by atoms with van der Waals surface area (Å²) < 4.78 is 5.47. The minimum Gasteiger partial charge on any atom is -0.459 e. The smallest absolute Gasteiger partial charge is 0.333 e. The molecular weight excluding hydrogens is 216 g/mol. The highest BCUT2D eigenvalue weighted by molar-refractivity contribution is 5.87. The maximum atomic E-state index is 11.5. The van der Waals surface area contributed by atoms with Crippen molar-refractivity contribution in [1.29, 1.82) is 0 Å². The third kappa shape index (κ3) is 4.15. The lowest BCUT2D eigenvalue weighted by Crippen LogP contribution is -2.31. The van der Waals surface area contributed by atoms with Gasteiger partial charge in [-0.25, -0.2) is 4.79 Å². The second kappa shape index (κ2) is 6.80. The van der Waals surface area contributed by atoms with Gasteiger partial charge in [0.2, 0.25) is 0 Å². The highest BCUT2D eigenvalue weighted by Gasteiger charge is 2.29. The zero-order valence-electron chi connectivity index (χ0n) is 10.9. The van der Waals surface area contributed by atoms with Gasteiger partial charge in [0.1, 0.15) is 6.10 Å². The zero-order chi connectivity index (χ0) is 12.8. The summed E-state index contributed by atoms with van der Waals surface area (Å²) in [6, 6.07) is 0. The highest BCUT2D eigenvalue weighted by Crippen LogP contribution is 2.33. The molecule has 3 unspecified atom stereocenters. The molecule has 3 atom stereocenters. The first-order valence-corrected chi connectivity index (χ1v) is 6.55. The average molecular weight is 240 g/mol. The normalized spacial score (nSPS) is 26.3. The van der Waals surface area contributed by atoms with Crippen molar-refractivity contribution in [3.63, 3.8) is 0 Å². The van der Waals surface area contributed by atoms with Crippen LogP contribution in [0.4, 0.5) is 0 Å². The Hall–Kier alpha value is -0.830. The number of hydrogen-bond donors (Lipinski definition) is 1. The third-order valence-corrected chi connectivity index (χ3v) is 3.62. The number of esters is 1. The average Bonchev–Trinajstić information content (AvgIpc) is 2.35. The van der Waals surface area contributed by atoms with Crippen molar-refractivity contribution in [3.05, 3.63) is 12.2 Å². The number of ether oxygens (including phenoxy) is 1. The van der Waals surface area contributed by atoms with E-state index in [0.717, 1.165) is 32.1 Å². The molecule has 1 saturated carbocycles. The molecule has 0 bridgehead atoms. The fourth-order valence-corrected chi connectivity index (χ4v) is 2.59. The molecule has 0 saturated heterocycles. The molecule has 1 fully saturated rings. The quantitative estimate of drug-likeness (QED) is 0.593. The molecule has 1 rings (SSSR count). The predicted molar refractivity (Wildman–Crippen MR) is 67.5 cm³/mol. The fraction of sp³-hybridized carbons (Fsp3) is 0.786. The van der Waals surface area contributed by atoms with E-state index < -0.39 is 0 Å². The molecule has 0 aromatic heterocycles. The Labute approximate surface area is 104 Å². The van der Waals surface area contributed by atoms with Gasteiger partial charge in [-0.1, -0.05) is 19.9 Å². The van der Waals surface area contributed by atoms with Gasteiger partial charge in [0, 0.05) is 12.2 Å². The minimum absolute atomic E-state index is 0.0199. The number of carbonyl (C=O) groups excluding carboxylic acids is 1. The van der Waals surface area contributed by atoms with Gasteiger partial charge < -0.3 is 9.84 Å². The van der Waals surface area contributed by atoms with Gasteiger partial charge in [0.15, 0.2) is 0 Å². The van der Waals surface area contributed by atoms with Crippen molar-refractivity contribution in [1.82, 2.24) is 0 Å². The topological polar surface area (TPSA) is 46.5 Å². The minimum atomic E-state index is -0.289. The summed E-state index contributed by atoms with van der Waals surface area (Å²) in [5, 5.41) is 9.21. The summed E-state index contributed by atoms with van der Waals surface area (Å²) in [7, 11) is 0. The molecule has 1 N–H and O–H groups in total. The van der Waals surface area contributed by atoms with Crippen molar-refractivity contribution in [2.75, 3.05) is 6.61 Å². The summed E-state index contributed by atoms with van der Waals surface area (Å²) in [6.07, 6.45) is 5.10. The van der Waals surface area contributed by atoms with Gasteiger partial charge >= 0.3 is 5.97 Å². The number of aliphatic hydroxyl groups is 1. The lowest BCUT2D eigenvalue weighted by molar-refractivity contribution is -0.148. The second-order valence-corrected chi connectivity index (χ2v) is 5.11. The van der Waals surface area contributed by atoms with Gasteiger partial charge in [-0.05, 0) is 44.4 Å². The van der Waals surface area contributed by atoms with Crippen LogP contribution in [-0.4, -0.2) is 23.8 Å². The molecule has 3 nitrogen and oxygen atoms in total. The van der Waals surface area contributed by atoms with Crippen LogP contribution in [0.1, 0.15) is 46.0 Å². The number of rotatable bonds is 5. The molecule has 0 amide bonds. The second-order valence-electron chi connectivity index (χ2n) is 5.11. The predicted octanol–water partition coefficient (Wildman–Crippen LogP) is 2.68. The standard InChI is InChI=1S/C14H24O3/c1-4-13(17-14(16)10(2)3)12-7-5-6-11(8-12)9-15/h11-13,15H,2,4-9H2,1,3H3. The zero-order valence-corrected chi connectivity index (χ0v) is 10.9. The molecule has 0 aromatic rings. The van der Waals surface area contributed by atoms with E-state index in [1.54, 1.807) is 6.92 Å². The first-order valence-electron chi connectivity index (χ1n) is 6.55. The Morgan fingerprint density at radius 1 is 1.53 bits per heavy atom. The summed E-state index contributed by atoms with van der Waals surface area (Å²) >= 11 is 0. The Morgan fingerprint density at radius 3 is 2.76 bits per heavy atom. The monoisotopic (exact) mass is 240 g/mol. The molecule has 0 radical (unpaired) electrons. The maximum Gasteiger partial charge on any atom is 0.333 e. The lowest BCUT2D eigenvalue weighted by atomic mass is 9.78. The molecule has 0 spiro atoms. The summed E-state index contributed by atoms with van der Waals surface area (Å²) in [4.78, 5) is 11.5. The van der Waals surface area contributed by atoms with E-state index in [4.69, 9.17) is 4.74 Å². The van der Waals surface area contributed by atoms with E-state index in [0.29, 0.717) is 17.4 Å². The fourth-order valence-electron chi connectivity index (χ4n) is 2.59. The van der Waals surface area contributed by atoms with Crippen LogP contribution in [0, 0.1) is 11.8 Å². The Bertz CT molecular complexity index is 273. The van der Waals surface area contributed by atoms with Gasteiger partial charge in [0.05, 0.1) is 0 Å². The van der Waals surface area contributed by atoms with Gasteiger partial charge in [-0.3, -0.25) is 0 Å². The van der Waals surface area contributed by atoms with Crippen molar-refractivity contribution in [2.24, 2.45) is 11.8 Å². The van der Waals surface area contributed by atoms with Crippen LogP contribution in [0.2, 0.25) is 0 Å². The van der Waals surface area contributed by atoms with E-state index in [1.165, 1.54) is 0 Å². The first kappa shape index (κ1) is 14.2. The van der Waals surface area contributed by atoms with Gasteiger partial charge in [-0.15, -0.1) is 0 Å². The molecule has 3 heteroatoms. The first-order chi connectivity index (χ1) is 8.08. The van der Waals surface area contributed by atoms with Crippen LogP contribution in [0.3, 0.4) is 0 Å². The van der Waals surface area contributed by atoms with E-state index >= 15 is 0 Å². The van der Waals surface area contributed by atoms with Crippen molar-refractivity contribution in [3.8, 4) is 0 Å². The van der Waals surface area contributed by atoms with Crippen LogP contribution in [0.25, 0.3) is 0 Å². The van der Waals surface area contributed by atoms with Crippen LogP contribution >= 0.6 is 0 Å². The molecular formula is C14H24O3. The SMILES string of the molecule is C=C(C)C(=O)OC(CC)C1CCCC(CO)C1. The summed E-state index contributed by atoms with van der Waals surface area (Å²) in [5.41, 5.74) is 0.456. The Balaban J connectivity index is 2.54. The third-order valence-electron chi connectivity index (χ3n) is 3.62. The largest absolute Gasteiger partial charge is 0.459 e. The maximum absolute atomic E-state index is 11.5. The molecule has 0 aromatic carbocycles. The van der Waals surface area contributed by atoms with Crippen LogP contribution < -0.4 is 0 Å².